The molecule has 1 aliphatic carbocycles. The van der Waals surface area contributed by atoms with Crippen molar-refractivity contribution < 1.29 is 17.7 Å². The van der Waals surface area contributed by atoms with Crippen LogP contribution in [-0.2, 0) is 27.8 Å². The predicted octanol–water partition coefficient (Wildman–Crippen LogP) is 8.69. The molecular formula is C37H52N4O4SSi. The van der Waals surface area contributed by atoms with Crippen molar-refractivity contribution >= 4 is 35.7 Å². The summed E-state index contributed by atoms with van der Waals surface area (Å²) in [6, 6.07) is 14.3. The number of aliphatic imine (C=N–C) groups is 1. The van der Waals surface area contributed by atoms with Gasteiger partial charge >= 0.3 is 0 Å². The number of carbonyl (C=O) groups excluding carboxylic acids is 1. The highest BCUT2D eigenvalue weighted by atomic mass is 32.2. The molecular weight excluding hydrogens is 625 g/mol. The zero-order chi connectivity index (χ0) is 34.0. The fraction of sp³-hybridized carbons (Fsp3) is 0.541. The van der Waals surface area contributed by atoms with Crippen LogP contribution in [-0.4, -0.2) is 50.4 Å². The van der Waals surface area contributed by atoms with Gasteiger partial charge < -0.3 is 4.52 Å². The Kier molecular flexibility index (Phi) is 10.5. The maximum atomic E-state index is 14.6. The molecule has 2 heterocycles. The van der Waals surface area contributed by atoms with Gasteiger partial charge in [-0.15, -0.1) is 0 Å². The van der Waals surface area contributed by atoms with Gasteiger partial charge in [-0.2, -0.15) is 0 Å². The van der Waals surface area contributed by atoms with Gasteiger partial charge in [0.05, 0.1) is 17.1 Å². The van der Waals surface area contributed by atoms with E-state index >= 15 is 0 Å². The van der Waals surface area contributed by atoms with E-state index < -0.39 is 23.6 Å². The van der Waals surface area contributed by atoms with Gasteiger partial charge in [0.25, 0.3) is 15.9 Å². The number of benzene rings is 2. The second-order valence-corrected chi connectivity index (χ2v) is 22.0. The van der Waals surface area contributed by atoms with Crippen LogP contribution in [0.1, 0.15) is 87.6 Å². The number of anilines is 1. The molecule has 1 spiro atoms. The van der Waals surface area contributed by atoms with E-state index in [2.05, 4.69) is 50.8 Å². The van der Waals surface area contributed by atoms with E-state index in [4.69, 9.17) is 9.52 Å². The van der Waals surface area contributed by atoms with Crippen LogP contribution in [0.25, 0.3) is 11.1 Å². The molecule has 10 heteroatoms. The van der Waals surface area contributed by atoms with Crippen molar-refractivity contribution in [3.8, 4) is 11.1 Å². The second-order valence-electron chi connectivity index (χ2n) is 14.6. The fourth-order valence-corrected chi connectivity index (χ4v) is 9.52. The van der Waals surface area contributed by atoms with Crippen LogP contribution in [0, 0.1) is 13.8 Å². The molecule has 3 aromatic rings. The number of unbranched alkanes of at least 4 members (excludes halogenated alkanes) is 1. The standard InChI is InChI=1S/C37H52N4O4SSi/c1-8-10-18-34-38-37(21-13-14-22-37)36(42)40(34)26-29-19-20-31(30(25-29)15-9-2)32-16-11-12-17-33(32)46(43,44)41(23-24-47(5,6)7)35-27(3)28(4)39-45-35/h11-12,16-17,19-20,25H,8-10,13-15,18,21-24,26H2,1-7H3. The summed E-state index contributed by atoms with van der Waals surface area (Å²) in [5.74, 6) is 1.36. The lowest BCUT2D eigenvalue weighted by molar-refractivity contribution is -0.131. The first-order valence-corrected chi connectivity index (χ1v) is 22.5. The maximum absolute atomic E-state index is 14.6. The van der Waals surface area contributed by atoms with Crippen LogP contribution >= 0.6 is 0 Å². The van der Waals surface area contributed by atoms with Gasteiger partial charge in [-0.3, -0.25) is 14.7 Å². The summed E-state index contributed by atoms with van der Waals surface area (Å²) < 4.78 is 36.4. The summed E-state index contributed by atoms with van der Waals surface area (Å²) in [4.78, 5) is 21.1. The summed E-state index contributed by atoms with van der Waals surface area (Å²) in [5, 5.41) is 4.10. The molecule has 0 atom stereocenters. The molecule has 0 radical (unpaired) electrons. The van der Waals surface area contributed by atoms with E-state index in [1.807, 2.05) is 36.9 Å². The Morgan fingerprint density at radius 1 is 0.979 bits per heavy atom. The van der Waals surface area contributed by atoms with Crippen LogP contribution in [0.3, 0.4) is 0 Å². The minimum absolute atomic E-state index is 0.148. The summed E-state index contributed by atoms with van der Waals surface area (Å²) in [5.41, 5.74) is 4.52. The van der Waals surface area contributed by atoms with Crippen LogP contribution in [0.5, 0.6) is 0 Å². The van der Waals surface area contributed by atoms with Crippen molar-refractivity contribution in [1.82, 2.24) is 10.1 Å². The number of rotatable bonds is 14. The smallest absolute Gasteiger partial charge is 0.267 e. The fourth-order valence-electron chi connectivity index (χ4n) is 6.80. The number of nitrogens with zero attached hydrogens (tertiary/aromatic N) is 4. The number of amides is 1. The molecule has 0 saturated heterocycles. The van der Waals surface area contributed by atoms with E-state index in [0.717, 1.165) is 91.9 Å². The summed E-state index contributed by atoms with van der Waals surface area (Å²) in [6.45, 7) is 15.5. The van der Waals surface area contributed by atoms with Gasteiger partial charge in [-0.05, 0) is 68.3 Å². The highest BCUT2D eigenvalue weighted by molar-refractivity contribution is 7.93. The molecule has 0 N–H and O–H groups in total. The first-order valence-electron chi connectivity index (χ1n) is 17.4. The number of carbonyl (C=O) groups is 1. The van der Waals surface area contributed by atoms with E-state index in [-0.39, 0.29) is 16.7 Å². The highest BCUT2D eigenvalue weighted by Crippen LogP contribution is 2.41. The zero-order valence-electron chi connectivity index (χ0n) is 29.4. The van der Waals surface area contributed by atoms with Gasteiger partial charge in [0.15, 0.2) is 0 Å². The third kappa shape index (κ3) is 7.28. The minimum atomic E-state index is -4.01. The van der Waals surface area contributed by atoms with Gasteiger partial charge in [0.1, 0.15) is 11.4 Å². The molecule has 0 unspecified atom stereocenters. The number of sulfonamides is 1. The number of hydrogen-bond donors (Lipinski definition) is 0. The molecule has 254 valence electrons. The predicted molar refractivity (Wildman–Crippen MR) is 193 cm³/mol. The average molecular weight is 677 g/mol. The molecule has 1 amide bonds. The monoisotopic (exact) mass is 676 g/mol. The Bertz CT molecular complexity index is 1730. The third-order valence-corrected chi connectivity index (χ3v) is 13.2. The largest absolute Gasteiger partial charge is 0.337 e. The lowest BCUT2D eigenvalue weighted by atomic mass is 9.94. The first kappa shape index (κ1) is 35.1. The summed E-state index contributed by atoms with van der Waals surface area (Å²) in [7, 11) is -5.60. The molecule has 1 aromatic heterocycles. The molecule has 1 fully saturated rings. The number of aromatic nitrogens is 1. The van der Waals surface area contributed by atoms with Gasteiger partial charge in [0.2, 0.25) is 5.88 Å². The van der Waals surface area contributed by atoms with Crippen molar-refractivity contribution in [2.75, 3.05) is 10.8 Å². The van der Waals surface area contributed by atoms with Crippen molar-refractivity contribution in [3.63, 3.8) is 0 Å². The Morgan fingerprint density at radius 3 is 2.34 bits per heavy atom. The van der Waals surface area contributed by atoms with E-state index in [0.29, 0.717) is 24.3 Å². The van der Waals surface area contributed by atoms with Gasteiger partial charge in [-0.25, -0.2) is 12.7 Å². The first-order chi connectivity index (χ1) is 22.3. The highest BCUT2D eigenvalue weighted by Gasteiger charge is 2.49. The van der Waals surface area contributed by atoms with E-state index in [1.54, 1.807) is 12.1 Å². The van der Waals surface area contributed by atoms with Crippen LogP contribution in [0.2, 0.25) is 25.7 Å². The number of hydrogen-bond acceptors (Lipinski definition) is 6. The van der Waals surface area contributed by atoms with Crippen molar-refractivity contribution in [2.45, 2.75) is 128 Å². The van der Waals surface area contributed by atoms with Gasteiger partial charge in [0, 0.05) is 32.2 Å². The lowest BCUT2D eigenvalue weighted by Gasteiger charge is -2.27. The van der Waals surface area contributed by atoms with Crippen LogP contribution in [0.15, 0.2) is 56.9 Å². The average Bonchev–Trinajstić information content (AvgIpc) is 3.71. The Labute approximate surface area is 282 Å². The minimum Gasteiger partial charge on any atom is -0.337 e. The second kappa shape index (κ2) is 14.1. The molecule has 5 rings (SSSR count). The van der Waals surface area contributed by atoms with Gasteiger partial charge in [-0.1, -0.05) is 101 Å². The van der Waals surface area contributed by atoms with Crippen LogP contribution < -0.4 is 4.31 Å². The van der Waals surface area contributed by atoms with E-state index in [1.165, 1.54) is 4.31 Å². The molecule has 47 heavy (non-hydrogen) atoms. The Hall–Kier alpha value is -3.24. The van der Waals surface area contributed by atoms with Crippen molar-refractivity contribution in [3.05, 3.63) is 64.8 Å². The third-order valence-electron chi connectivity index (χ3n) is 9.68. The topological polar surface area (TPSA) is 96.1 Å². The number of aryl methyl sites for hydroxylation is 2. The van der Waals surface area contributed by atoms with E-state index in [9.17, 15) is 13.2 Å². The maximum Gasteiger partial charge on any atom is 0.267 e. The molecule has 2 aliphatic rings. The van der Waals surface area contributed by atoms with Crippen LogP contribution in [0.4, 0.5) is 5.88 Å². The van der Waals surface area contributed by atoms with Crippen molar-refractivity contribution in [2.24, 2.45) is 4.99 Å². The number of amidine groups is 1. The quantitative estimate of drug-likeness (QED) is 0.159. The SMILES string of the molecule is CCCCC1=NC2(CCCC2)C(=O)N1Cc1ccc(-c2ccccc2S(=O)(=O)N(CC[Si](C)(C)C)c2onc(C)c2C)c(CCC)c1. The zero-order valence-corrected chi connectivity index (χ0v) is 31.2. The van der Waals surface area contributed by atoms with Crippen molar-refractivity contribution in [1.29, 1.82) is 0 Å². The summed E-state index contributed by atoms with van der Waals surface area (Å²) >= 11 is 0. The Balaban J connectivity index is 1.53. The molecule has 8 nitrogen and oxygen atoms in total. The molecule has 1 saturated carbocycles. The lowest BCUT2D eigenvalue weighted by Crippen LogP contribution is -2.40. The molecule has 0 bridgehead atoms. The molecule has 1 aliphatic heterocycles. The normalized spacial score (nSPS) is 16.4. The summed E-state index contributed by atoms with van der Waals surface area (Å²) in [6.07, 6.45) is 8.33. The molecule has 2 aromatic carbocycles. The Morgan fingerprint density at radius 2 is 1.70 bits per heavy atom.